The first kappa shape index (κ1) is 17.8. The van der Waals surface area contributed by atoms with Gasteiger partial charge >= 0.3 is 0 Å². The van der Waals surface area contributed by atoms with Gasteiger partial charge in [0.25, 0.3) is 0 Å². The standard InChI is InChI=1S/C20H21FN2O4/c21-15-2-4-16(5-3-15)22-19(24)12-23-9-7-20(25,8-10-23)14-1-6-17-18(11-14)27-13-26-17/h1-6,11,25H,7-10,12-13H2,(H,22,24). The summed E-state index contributed by atoms with van der Waals surface area (Å²) in [6.07, 6.45) is 1.05. The number of amides is 1. The second kappa shape index (κ2) is 7.17. The van der Waals surface area contributed by atoms with Crippen LogP contribution in [-0.4, -0.2) is 42.3 Å². The molecule has 0 atom stereocenters. The van der Waals surface area contributed by atoms with Gasteiger partial charge < -0.3 is 19.9 Å². The van der Waals surface area contributed by atoms with Crippen molar-refractivity contribution in [2.75, 3.05) is 31.7 Å². The van der Waals surface area contributed by atoms with Gasteiger partial charge in [-0.3, -0.25) is 9.69 Å². The Morgan fingerprint density at radius 3 is 2.56 bits per heavy atom. The van der Waals surface area contributed by atoms with E-state index in [1.165, 1.54) is 24.3 Å². The lowest BCUT2D eigenvalue weighted by Gasteiger charge is -2.38. The van der Waals surface area contributed by atoms with Crippen molar-refractivity contribution in [2.24, 2.45) is 0 Å². The predicted octanol–water partition coefficient (Wildman–Crippen LogP) is 2.48. The van der Waals surface area contributed by atoms with E-state index in [9.17, 15) is 14.3 Å². The molecule has 2 N–H and O–H groups in total. The van der Waals surface area contributed by atoms with Crippen molar-refractivity contribution in [1.82, 2.24) is 4.90 Å². The maximum Gasteiger partial charge on any atom is 0.238 e. The molecule has 1 amide bonds. The van der Waals surface area contributed by atoms with Gasteiger partial charge in [0.2, 0.25) is 12.7 Å². The molecule has 2 aliphatic rings. The van der Waals surface area contributed by atoms with Crippen LogP contribution in [0, 0.1) is 5.82 Å². The summed E-state index contributed by atoms with van der Waals surface area (Å²) in [4.78, 5) is 14.2. The molecule has 0 saturated carbocycles. The van der Waals surface area contributed by atoms with E-state index in [2.05, 4.69) is 5.32 Å². The lowest BCUT2D eigenvalue weighted by molar-refractivity contribution is -0.118. The summed E-state index contributed by atoms with van der Waals surface area (Å²) in [7, 11) is 0. The van der Waals surface area contributed by atoms with Gasteiger partial charge in [0.1, 0.15) is 5.82 Å². The molecule has 0 spiro atoms. The van der Waals surface area contributed by atoms with Crippen LogP contribution in [-0.2, 0) is 10.4 Å². The molecular weight excluding hydrogens is 351 g/mol. The fourth-order valence-electron chi connectivity index (χ4n) is 3.49. The van der Waals surface area contributed by atoms with E-state index in [1.54, 1.807) is 0 Å². The zero-order chi connectivity index (χ0) is 18.9. The molecule has 4 rings (SSSR count). The maximum absolute atomic E-state index is 12.9. The van der Waals surface area contributed by atoms with Crippen LogP contribution in [0.4, 0.5) is 10.1 Å². The molecule has 7 heteroatoms. The average molecular weight is 372 g/mol. The third-order valence-electron chi connectivity index (χ3n) is 5.09. The zero-order valence-electron chi connectivity index (χ0n) is 14.8. The molecule has 27 heavy (non-hydrogen) atoms. The summed E-state index contributed by atoms with van der Waals surface area (Å²) >= 11 is 0. The normalized spacial score (nSPS) is 18.3. The lowest BCUT2D eigenvalue weighted by atomic mass is 9.84. The van der Waals surface area contributed by atoms with Crippen molar-refractivity contribution < 1.29 is 23.8 Å². The van der Waals surface area contributed by atoms with E-state index in [1.807, 2.05) is 23.1 Å². The third kappa shape index (κ3) is 3.89. The highest BCUT2D eigenvalue weighted by Gasteiger charge is 2.35. The number of halogens is 1. The fourth-order valence-corrected chi connectivity index (χ4v) is 3.49. The molecule has 0 aliphatic carbocycles. The molecule has 0 unspecified atom stereocenters. The lowest BCUT2D eigenvalue weighted by Crippen LogP contribution is -2.45. The van der Waals surface area contributed by atoms with E-state index in [-0.39, 0.29) is 25.1 Å². The Morgan fingerprint density at radius 1 is 1.11 bits per heavy atom. The van der Waals surface area contributed by atoms with Crippen LogP contribution < -0.4 is 14.8 Å². The number of ether oxygens (including phenoxy) is 2. The molecule has 2 aromatic carbocycles. The second-order valence-electron chi connectivity index (χ2n) is 6.93. The molecule has 6 nitrogen and oxygen atoms in total. The van der Waals surface area contributed by atoms with E-state index >= 15 is 0 Å². The molecule has 2 heterocycles. The smallest absolute Gasteiger partial charge is 0.238 e. The van der Waals surface area contributed by atoms with Crippen LogP contribution in [0.15, 0.2) is 42.5 Å². The van der Waals surface area contributed by atoms with Gasteiger partial charge in [0, 0.05) is 18.8 Å². The molecule has 2 aromatic rings. The number of benzene rings is 2. The monoisotopic (exact) mass is 372 g/mol. The number of likely N-dealkylation sites (tertiary alicyclic amines) is 1. The largest absolute Gasteiger partial charge is 0.454 e. The molecule has 2 aliphatic heterocycles. The minimum Gasteiger partial charge on any atom is -0.454 e. The number of hydrogen-bond acceptors (Lipinski definition) is 5. The Kier molecular flexibility index (Phi) is 4.72. The number of fused-ring (bicyclic) bond motifs is 1. The van der Waals surface area contributed by atoms with E-state index in [4.69, 9.17) is 9.47 Å². The first-order valence-corrected chi connectivity index (χ1v) is 8.92. The van der Waals surface area contributed by atoms with Gasteiger partial charge in [0.05, 0.1) is 12.1 Å². The Morgan fingerprint density at radius 2 is 1.81 bits per heavy atom. The van der Waals surface area contributed by atoms with Gasteiger partial charge in [-0.25, -0.2) is 4.39 Å². The number of nitrogens with zero attached hydrogens (tertiary/aromatic N) is 1. The molecule has 0 radical (unpaired) electrons. The van der Waals surface area contributed by atoms with Crippen LogP contribution in [0.2, 0.25) is 0 Å². The number of anilines is 1. The van der Waals surface area contributed by atoms with Crippen molar-refractivity contribution in [1.29, 1.82) is 0 Å². The predicted molar refractivity (Wildman–Crippen MR) is 97.2 cm³/mol. The number of aliphatic hydroxyl groups is 1. The van der Waals surface area contributed by atoms with Crippen LogP contribution in [0.25, 0.3) is 0 Å². The molecule has 0 bridgehead atoms. The number of hydrogen-bond donors (Lipinski definition) is 2. The number of nitrogens with one attached hydrogen (secondary N) is 1. The second-order valence-corrected chi connectivity index (χ2v) is 6.93. The van der Waals surface area contributed by atoms with Gasteiger partial charge in [-0.2, -0.15) is 0 Å². The fraction of sp³-hybridized carbons (Fsp3) is 0.350. The SMILES string of the molecule is O=C(CN1CCC(O)(c2ccc3c(c2)OCO3)CC1)Nc1ccc(F)cc1. The van der Waals surface area contributed by atoms with Gasteiger partial charge in [0.15, 0.2) is 11.5 Å². The molecule has 0 aromatic heterocycles. The van der Waals surface area contributed by atoms with Crippen molar-refractivity contribution in [3.63, 3.8) is 0 Å². The van der Waals surface area contributed by atoms with Crippen LogP contribution in [0.3, 0.4) is 0 Å². The van der Waals surface area contributed by atoms with Gasteiger partial charge in [-0.15, -0.1) is 0 Å². The summed E-state index contributed by atoms with van der Waals surface area (Å²) in [5, 5.41) is 13.8. The minimum absolute atomic E-state index is 0.157. The first-order chi connectivity index (χ1) is 13.0. The first-order valence-electron chi connectivity index (χ1n) is 8.92. The molecule has 142 valence electrons. The average Bonchev–Trinajstić information content (AvgIpc) is 3.13. The Bertz CT molecular complexity index is 832. The highest BCUT2D eigenvalue weighted by molar-refractivity contribution is 5.92. The number of rotatable bonds is 4. The van der Waals surface area contributed by atoms with Crippen molar-refractivity contribution in [2.45, 2.75) is 18.4 Å². The third-order valence-corrected chi connectivity index (χ3v) is 5.09. The van der Waals surface area contributed by atoms with Crippen LogP contribution in [0.5, 0.6) is 11.5 Å². The van der Waals surface area contributed by atoms with E-state index < -0.39 is 5.60 Å². The molecule has 1 fully saturated rings. The maximum atomic E-state index is 12.9. The topological polar surface area (TPSA) is 71.0 Å². The van der Waals surface area contributed by atoms with Crippen LogP contribution >= 0.6 is 0 Å². The Labute approximate surface area is 156 Å². The highest BCUT2D eigenvalue weighted by Crippen LogP contribution is 2.39. The van der Waals surface area contributed by atoms with E-state index in [0.29, 0.717) is 43.1 Å². The summed E-state index contributed by atoms with van der Waals surface area (Å²) in [5.74, 6) is 0.848. The van der Waals surface area contributed by atoms with Gasteiger partial charge in [-0.1, -0.05) is 6.07 Å². The van der Waals surface area contributed by atoms with Crippen molar-refractivity contribution in [3.05, 3.63) is 53.8 Å². The highest BCUT2D eigenvalue weighted by atomic mass is 19.1. The van der Waals surface area contributed by atoms with E-state index in [0.717, 1.165) is 5.56 Å². The summed E-state index contributed by atoms with van der Waals surface area (Å²) in [6.45, 7) is 1.63. The summed E-state index contributed by atoms with van der Waals surface area (Å²) < 4.78 is 23.6. The minimum atomic E-state index is -0.940. The summed E-state index contributed by atoms with van der Waals surface area (Å²) in [5.41, 5.74) is 0.433. The van der Waals surface area contributed by atoms with Crippen LogP contribution in [0.1, 0.15) is 18.4 Å². The Balaban J connectivity index is 1.33. The summed E-state index contributed by atoms with van der Waals surface area (Å²) in [6, 6.07) is 11.2. The molecule has 1 saturated heterocycles. The number of piperidine rings is 1. The van der Waals surface area contributed by atoms with Gasteiger partial charge in [-0.05, 0) is 54.8 Å². The van der Waals surface area contributed by atoms with Crippen molar-refractivity contribution in [3.8, 4) is 11.5 Å². The number of carbonyl (C=O) groups is 1. The zero-order valence-corrected chi connectivity index (χ0v) is 14.8. The quantitative estimate of drug-likeness (QED) is 0.863. The molecular formula is C20H21FN2O4. The Hall–Kier alpha value is -2.64. The number of carbonyl (C=O) groups excluding carboxylic acids is 1. The van der Waals surface area contributed by atoms with Crippen molar-refractivity contribution >= 4 is 11.6 Å².